The van der Waals surface area contributed by atoms with Crippen molar-refractivity contribution >= 4 is 23.4 Å². The molecule has 0 radical (unpaired) electrons. The number of hydrogen-bond acceptors (Lipinski definition) is 4. The molecule has 0 atom stereocenters. The van der Waals surface area contributed by atoms with E-state index in [1.165, 1.54) is 32.1 Å². The molecule has 1 N–H and O–H groups in total. The summed E-state index contributed by atoms with van der Waals surface area (Å²) in [6.45, 7) is 1.04. The van der Waals surface area contributed by atoms with Gasteiger partial charge in [0.05, 0.1) is 0 Å². The van der Waals surface area contributed by atoms with Gasteiger partial charge in [0.1, 0.15) is 5.03 Å². The summed E-state index contributed by atoms with van der Waals surface area (Å²) in [5.74, 6) is 1.03. The van der Waals surface area contributed by atoms with E-state index < -0.39 is 0 Å². The summed E-state index contributed by atoms with van der Waals surface area (Å²) in [4.78, 5) is 0. The van der Waals surface area contributed by atoms with Gasteiger partial charge in [-0.3, -0.25) is 0 Å². The van der Waals surface area contributed by atoms with Gasteiger partial charge in [-0.1, -0.05) is 30.9 Å². The van der Waals surface area contributed by atoms with Crippen LogP contribution in [0, 0.1) is 0 Å². The molecule has 0 bridgehead atoms. The number of nitrogens with one attached hydrogen (secondary N) is 1. The zero-order valence-corrected chi connectivity index (χ0v) is 11.4. The number of halogens is 1. The van der Waals surface area contributed by atoms with Gasteiger partial charge in [-0.15, -0.1) is 22.0 Å². The molecule has 0 saturated heterocycles. The maximum atomic E-state index is 5.68. The van der Waals surface area contributed by atoms with Crippen LogP contribution in [0.5, 0.6) is 0 Å². The first-order valence-corrected chi connectivity index (χ1v) is 7.56. The van der Waals surface area contributed by atoms with Crippen molar-refractivity contribution in [3.8, 4) is 0 Å². The molecule has 5 heteroatoms. The number of nitrogens with zero attached hydrogens (tertiary/aromatic N) is 2. The lowest BCUT2D eigenvalue weighted by Crippen LogP contribution is -2.32. The number of thioether (sulfide) groups is 1. The SMILES string of the molecule is Clc1ccc(SCCNC2CCCCC2)nn1. The highest BCUT2D eigenvalue weighted by Gasteiger charge is 2.11. The van der Waals surface area contributed by atoms with Crippen molar-refractivity contribution in [1.82, 2.24) is 15.5 Å². The fourth-order valence-electron chi connectivity index (χ4n) is 2.11. The molecule has 1 aromatic heterocycles. The van der Waals surface area contributed by atoms with E-state index in [1.54, 1.807) is 17.8 Å². The van der Waals surface area contributed by atoms with Gasteiger partial charge in [0, 0.05) is 18.3 Å². The lowest BCUT2D eigenvalue weighted by Gasteiger charge is -2.22. The van der Waals surface area contributed by atoms with E-state index in [0.717, 1.165) is 23.4 Å². The maximum absolute atomic E-state index is 5.68. The van der Waals surface area contributed by atoms with E-state index in [9.17, 15) is 0 Å². The molecule has 1 heterocycles. The molecular formula is C12H18ClN3S. The summed E-state index contributed by atoms with van der Waals surface area (Å²) in [6.07, 6.45) is 6.85. The van der Waals surface area contributed by atoms with Crippen molar-refractivity contribution in [2.75, 3.05) is 12.3 Å². The van der Waals surface area contributed by atoms with Crippen LogP contribution in [0.4, 0.5) is 0 Å². The zero-order chi connectivity index (χ0) is 11.9. The highest BCUT2D eigenvalue weighted by molar-refractivity contribution is 7.99. The van der Waals surface area contributed by atoms with Gasteiger partial charge in [0.2, 0.25) is 0 Å². The third-order valence-corrected chi connectivity index (χ3v) is 4.12. The van der Waals surface area contributed by atoms with Gasteiger partial charge in [0.15, 0.2) is 5.15 Å². The predicted octanol–water partition coefficient (Wildman–Crippen LogP) is 3.14. The van der Waals surface area contributed by atoms with Gasteiger partial charge >= 0.3 is 0 Å². The Morgan fingerprint density at radius 1 is 1.24 bits per heavy atom. The Morgan fingerprint density at radius 3 is 2.76 bits per heavy atom. The van der Waals surface area contributed by atoms with Crippen molar-refractivity contribution in [3.05, 3.63) is 17.3 Å². The fraction of sp³-hybridized carbons (Fsp3) is 0.667. The molecule has 1 fully saturated rings. The van der Waals surface area contributed by atoms with Crippen molar-refractivity contribution in [2.24, 2.45) is 0 Å². The summed E-state index contributed by atoms with van der Waals surface area (Å²) in [5.41, 5.74) is 0. The highest BCUT2D eigenvalue weighted by atomic mass is 35.5. The largest absolute Gasteiger partial charge is 0.313 e. The Hall–Kier alpha value is -0.320. The molecular weight excluding hydrogens is 254 g/mol. The van der Waals surface area contributed by atoms with E-state index >= 15 is 0 Å². The van der Waals surface area contributed by atoms with Crippen LogP contribution in [-0.2, 0) is 0 Å². The van der Waals surface area contributed by atoms with Gasteiger partial charge in [-0.2, -0.15) is 0 Å². The summed E-state index contributed by atoms with van der Waals surface area (Å²) in [6, 6.07) is 4.44. The fourth-order valence-corrected chi connectivity index (χ4v) is 2.90. The van der Waals surface area contributed by atoms with Crippen molar-refractivity contribution in [3.63, 3.8) is 0 Å². The second-order valence-electron chi connectivity index (χ2n) is 4.33. The molecule has 0 spiro atoms. The normalized spacial score (nSPS) is 17.2. The van der Waals surface area contributed by atoms with E-state index in [1.807, 2.05) is 6.07 Å². The van der Waals surface area contributed by atoms with Gasteiger partial charge in [0.25, 0.3) is 0 Å². The van der Waals surface area contributed by atoms with Crippen LogP contribution in [0.25, 0.3) is 0 Å². The lowest BCUT2D eigenvalue weighted by atomic mass is 9.96. The Balaban J connectivity index is 1.60. The van der Waals surface area contributed by atoms with E-state index in [4.69, 9.17) is 11.6 Å². The molecule has 1 aliphatic carbocycles. The van der Waals surface area contributed by atoms with Crippen molar-refractivity contribution in [1.29, 1.82) is 0 Å². The Bertz CT molecular complexity index is 325. The summed E-state index contributed by atoms with van der Waals surface area (Å²) in [7, 11) is 0. The standard InChI is InChI=1S/C12H18ClN3S/c13-11-6-7-12(16-15-11)17-9-8-14-10-4-2-1-3-5-10/h6-7,10,14H,1-5,8-9H2. The van der Waals surface area contributed by atoms with Crippen LogP contribution in [0.15, 0.2) is 17.2 Å². The first-order valence-electron chi connectivity index (χ1n) is 6.20. The summed E-state index contributed by atoms with van der Waals surface area (Å²) >= 11 is 7.40. The minimum Gasteiger partial charge on any atom is -0.313 e. The Labute approximate surface area is 112 Å². The third-order valence-electron chi connectivity index (χ3n) is 3.00. The number of hydrogen-bond donors (Lipinski definition) is 1. The van der Waals surface area contributed by atoms with E-state index in [2.05, 4.69) is 15.5 Å². The monoisotopic (exact) mass is 271 g/mol. The first-order chi connectivity index (χ1) is 8.34. The Kier molecular flexibility index (Phi) is 5.55. The summed E-state index contributed by atoms with van der Waals surface area (Å²) in [5, 5.41) is 12.8. The highest BCUT2D eigenvalue weighted by Crippen LogP contribution is 2.18. The molecule has 0 aromatic carbocycles. The predicted molar refractivity (Wildman–Crippen MR) is 72.6 cm³/mol. The average Bonchev–Trinajstić information content (AvgIpc) is 2.38. The molecule has 1 aromatic rings. The third kappa shape index (κ3) is 4.82. The van der Waals surface area contributed by atoms with Gasteiger partial charge < -0.3 is 5.32 Å². The van der Waals surface area contributed by atoms with Crippen molar-refractivity contribution < 1.29 is 0 Å². The molecule has 0 amide bonds. The molecule has 0 unspecified atom stereocenters. The minimum atomic E-state index is 0.453. The van der Waals surface area contributed by atoms with Crippen molar-refractivity contribution in [2.45, 2.75) is 43.2 Å². The van der Waals surface area contributed by atoms with Gasteiger partial charge in [-0.25, -0.2) is 0 Å². The van der Waals surface area contributed by atoms with Crippen LogP contribution in [0.2, 0.25) is 5.15 Å². The first kappa shape index (κ1) is 13.1. The molecule has 0 aliphatic heterocycles. The van der Waals surface area contributed by atoms with Crippen LogP contribution in [-0.4, -0.2) is 28.5 Å². The molecule has 17 heavy (non-hydrogen) atoms. The lowest BCUT2D eigenvalue weighted by molar-refractivity contribution is 0.381. The zero-order valence-electron chi connectivity index (χ0n) is 9.86. The smallest absolute Gasteiger partial charge is 0.151 e. The van der Waals surface area contributed by atoms with Crippen LogP contribution in [0.3, 0.4) is 0 Å². The minimum absolute atomic E-state index is 0.453. The van der Waals surface area contributed by atoms with Crippen LogP contribution < -0.4 is 5.32 Å². The van der Waals surface area contributed by atoms with E-state index in [-0.39, 0.29) is 0 Å². The molecule has 1 saturated carbocycles. The van der Waals surface area contributed by atoms with Gasteiger partial charge in [-0.05, 0) is 25.0 Å². The number of aromatic nitrogens is 2. The molecule has 1 aliphatic rings. The topological polar surface area (TPSA) is 37.8 Å². The Morgan fingerprint density at radius 2 is 2.06 bits per heavy atom. The molecule has 3 nitrogen and oxygen atoms in total. The average molecular weight is 272 g/mol. The second-order valence-corrected chi connectivity index (χ2v) is 5.83. The maximum Gasteiger partial charge on any atom is 0.151 e. The van der Waals surface area contributed by atoms with E-state index in [0.29, 0.717) is 5.15 Å². The molecule has 94 valence electrons. The van der Waals surface area contributed by atoms with Crippen LogP contribution in [0.1, 0.15) is 32.1 Å². The summed E-state index contributed by atoms with van der Waals surface area (Å²) < 4.78 is 0. The quantitative estimate of drug-likeness (QED) is 0.660. The van der Waals surface area contributed by atoms with Crippen LogP contribution >= 0.6 is 23.4 Å². The molecule has 2 rings (SSSR count). The second kappa shape index (κ2) is 7.19. The number of rotatable bonds is 5.